The molecule has 5 heteroatoms. The molecule has 0 aromatic carbocycles. The van der Waals surface area contributed by atoms with Crippen LogP contribution in [0.2, 0.25) is 0 Å². The van der Waals surface area contributed by atoms with E-state index in [4.69, 9.17) is 19.9 Å². The molecule has 6 heterocycles. The van der Waals surface area contributed by atoms with Gasteiger partial charge in [-0.2, -0.15) is 0 Å². The largest absolute Gasteiger partial charge is 0.266 e. The van der Waals surface area contributed by atoms with E-state index >= 15 is 0 Å². The van der Waals surface area contributed by atoms with Gasteiger partial charge < -0.3 is 0 Å². The van der Waals surface area contributed by atoms with Gasteiger partial charge in [-0.15, -0.1) is 0 Å². The molecular weight excluding hydrogens is 372 g/mol. The van der Waals surface area contributed by atoms with Crippen LogP contribution >= 0.6 is 0 Å². The van der Waals surface area contributed by atoms with Gasteiger partial charge in [-0.1, -0.05) is 24.3 Å². The molecule has 2 aliphatic rings. The Morgan fingerprint density at radius 1 is 0.414 bits per heavy atom. The number of aryl methyl sites for hydroxylation is 4. The van der Waals surface area contributed by atoms with Crippen molar-refractivity contribution < 1.29 is 0 Å². The van der Waals surface area contributed by atoms with Gasteiger partial charge in [0.15, 0.2) is 0 Å². The molecule has 4 nitrogen and oxygen atoms in total. The van der Waals surface area contributed by atoms with Crippen molar-refractivity contribution in [1.82, 2.24) is 19.9 Å². The lowest BCUT2D eigenvalue weighted by atomic mass is 10.1. The quantitative estimate of drug-likeness (QED) is 0.370. The van der Waals surface area contributed by atoms with Gasteiger partial charge in [0.1, 0.15) is 0 Å². The summed E-state index contributed by atoms with van der Waals surface area (Å²) in [7, 11) is -2.72. The molecule has 140 valence electrons. The highest BCUT2D eigenvalue weighted by Gasteiger charge is 2.59. The SMILES string of the molecule is Cc1ccc2c(n1)[Si]1(c3nc(C)ccc3-2)c2nc(C)ccc2-c2ccc(C)nc21. The van der Waals surface area contributed by atoms with Crippen LogP contribution in [0.25, 0.3) is 22.3 Å². The summed E-state index contributed by atoms with van der Waals surface area (Å²) in [5, 5.41) is 4.56. The lowest BCUT2D eigenvalue weighted by Crippen LogP contribution is -2.74. The number of rotatable bonds is 0. The molecule has 0 bridgehead atoms. The Hall–Kier alpha value is -3.18. The van der Waals surface area contributed by atoms with Crippen LogP contribution in [0, 0.1) is 27.7 Å². The second-order valence-corrected chi connectivity index (χ2v) is 11.5. The van der Waals surface area contributed by atoms with Gasteiger partial charge in [0.05, 0.1) is 21.3 Å². The Morgan fingerprint density at radius 3 is 0.897 bits per heavy atom. The number of nitrogens with zero attached hydrogens (tertiary/aromatic N) is 4. The molecular formula is C24H20N4Si. The predicted octanol–water partition coefficient (Wildman–Crippen LogP) is 1.84. The smallest absolute Gasteiger partial charge is 0.261 e. The Balaban J connectivity index is 1.88. The summed E-state index contributed by atoms with van der Waals surface area (Å²) in [6.07, 6.45) is 0. The molecule has 0 saturated heterocycles. The molecule has 0 unspecified atom stereocenters. The molecule has 4 aromatic rings. The van der Waals surface area contributed by atoms with Crippen molar-refractivity contribution in [2.24, 2.45) is 0 Å². The third kappa shape index (κ3) is 1.98. The standard InChI is InChI=1S/C24H20N4Si/c1-13-5-9-17-18-10-6-14(2)26-22(18)29(21(17)25-13)23-19(11-7-15(3)27-23)20-12-8-16(4)28-24(20)29/h5-12H,1-4H3. The minimum Gasteiger partial charge on any atom is -0.261 e. The maximum Gasteiger partial charge on any atom is 0.266 e. The van der Waals surface area contributed by atoms with E-state index in [2.05, 4.69) is 76.2 Å². The van der Waals surface area contributed by atoms with Gasteiger partial charge in [0.25, 0.3) is 8.07 Å². The number of aromatic nitrogens is 4. The van der Waals surface area contributed by atoms with Crippen molar-refractivity contribution in [3.63, 3.8) is 0 Å². The van der Waals surface area contributed by atoms with Crippen molar-refractivity contribution in [1.29, 1.82) is 0 Å². The Labute approximate surface area is 170 Å². The van der Waals surface area contributed by atoms with Crippen LogP contribution < -0.4 is 21.3 Å². The van der Waals surface area contributed by atoms with E-state index in [-0.39, 0.29) is 0 Å². The molecule has 0 radical (unpaired) electrons. The predicted molar refractivity (Wildman–Crippen MR) is 118 cm³/mol. The molecule has 0 amide bonds. The first kappa shape index (κ1) is 16.7. The van der Waals surface area contributed by atoms with Crippen LogP contribution in [0.4, 0.5) is 0 Å². The Morgan fingerprint density at radius 2 is 0.655 bits per heavy atom. The summed E-state index contributed by atoms with van der Waals surface area (Å²) in [5.41, 5.74) is 8.85. The van der Waals surface area contributed by atoms with Crippen LogP contribution in [0.1, 0.15) is 22.8 Å². The molecule has 0 N–H and O–H groups in total. The molecule has 6 rings (SSSR count). The second-order valence-electron chi connectivity index (χ2n) is 8.15. The van der Waals surface area contributed by atoms with Gasteiger partial charge in [-0.05, 0) is 52.0 Å². The maximum absolute atomic E-state index is 5.13. The summed E-state index contributed by atoms with van der Waals surface area (Å²) < 4.78 is 0. The van der Waals surface area contributed by atoms with Gasteiger partial charge in [-0.3, -0.25) is 19.9 Å². The molecule has 29 heavy (non-hydrogen) atoms. The zero-order chi connectivity index (χ0) is 19.9. The highest BCUT2D eigenvalue weighted by Crippen LogP contribution is 2.34. The first-order valence-corrected chi connectivity index (χ1v) is 11.9. The number of hydrogen-bond donors (Lipinski definition) is 0. The van der Waals surface area contributed by atoms with Gasteiger partial charge in [0.2, 0.25) is 0 Å². The monoisotopic (exact) mass is 392 g/mol. The molecule has 0 aliphatic carbocycles. The first-order chi connectivity index (χ1) is 14.0. The van der Waals surface area contributed by atoms with E-state index in [0.717, 1.165) is 44.0 Å². The highest BCUT2D eigenvalue weighted by molar-refractivity contribution is 7.22. The molecule has 4 aromatic heterocycles. The van der Waals surface area contributed by atoms with Gasteiger partial charge in [-0.25, -0.2) is 0 Å². The van der Waals surface area contributed by atoms with Crippen molar-refractivity contribution in [2.75, 3.05) is 0 Å². The van der Waals surface area contributed by atoms with Crippen LogP contribution in [-0.4, -0.2) is 28.0 Å². The van der Waals surface area contributed by atoms with Crippen LogP contribution in [-0.2, 0) is 0 Å². The van der Waals surface area contributed by atoms with E-state index in [0.29, 0.717) is 0 Å². The van der Waals surface area contributed by atoms with Gasteiger partial charge in [0, 0.05) is 45.0 Å². The van der Waals surface area contributed by atoms with Crippen LogP contribution in [0.15, 0.2) is 48.5 Å². The number of hydrogen-bond acceptors (Lipinski definition) is 4. The Bertz CT molecular complexity index is 1150. The van der Waals surface area contributed by atoms with E-state index in [1.165, 1.54) is 22.3 Å². The summed E-state index contributed by atoms with van der Waals surface area (Å²) in [6, 6.07) is 17.2. The first-order valence-electron chi connectivity index (χ1n) is 9.93. The number of pyridine rings is 4. The maximum atomic E-state index is 5.13. The van der Waals surface area contributed by atoms with Crippen molar-refractivity contribution in [2.45, 2.75) is 27.7 Å². The molecule has 0 atom stereocenters. The van der Waals surface area contributed by atoms with Crippen molar-refractivity contribution in [3.8, 4) is 22.3 Å². The third-order valence-electron chi connectivity index (χ3n) is 6.14. The van der Waals surface area contributed by atoms with Crippen LogP contribution in [0.5, 0.6) is 0 Å². The minimum atomic E-state index is -2.72. The summed E-state index contributed by atoms with van der Waals surface area (Å²) in [5.74, 6) is 0. The van der Waals surface area contributed by atoms with E-state index < -0.39 is 8.07 Å². The summed E-state index contributed by atoms with van der Waals surface area (Å²) in [6.45, 7) is 8.25. The van der Waals surface area contributed by atoms with E-state index in [9.17, 15) is 0 Å². The fourth-order valence-electron chi connectivity index (χ4n) is 4.91. The lowest BCUT2D eigenvalue weighted by molar-refractivity contribution is 1.21. The summed E-state index contributed by atoms with van der Waals surface area (Å²) in [4.78, 5) is 20.5. The lowest BCUT2D eigenvalue weighted by Gasteiger charge is -2.24. The van der Waals surface area contributed by atoms with E-state index in [1.54, 1.807) is 0 Å². The van der Waals surface area contributed by atoms with Crippen molar-refractivity contribution >= 4 is 29.3 Å². The fraction of sp³-hybridized carbons (Fsp3) is 0.167. The number of fused-ring (bicyclic) bond motifs is 10. The fourth-order valence-corrected chi connectivity index (χ4v) is 10.1. The normalized spacial score (nSPS) is 14.5. The Kier molecular flexibility index (Phi) is 3.15. The third-order valence-corrected chi connectivity index (χ3v) is 10.5. The molecule has 0 saturated carbocycles. The molecule has 0 fully saturated rings. The second kappa shape index (κ2) is 5.45. The topological polar surface area (TPSA) is 51.6 Å². The highest BCUT2D eigenvalue weighted by atomic mass is 28.3. The average molecular weight is 393 g/mol. The molecule has 2 aliphatic heterocycles. The van der Waals surface area contributed by atoms with Gasteiger partial charge >= 0.3 is 0 Å². The zero-order valence-corrected chi connectivity index (χ0v) is 17.9. The summed E-state index contributed by atoms with van der Waals surface area (Å²) >= 11 is 0. The molecule has 1 spiro atoms. The zero-order valence-electron chi connectivity index (χ0n) is 16.9. The van der Waals surface area contributed by atoms with Crippen LogP contribution in [0.3, 0.4) is 0 Å². The average Bonchev–Trinajstić information content (AvgIpc) is 3.13. The van der Waals surface area contributed by atoms with E-state index in [1.807, 2.05) is 0 Å². The minimum absolute atomic E-state index is 1.02. The van der Waals surface area contributed by atoms with Crippen molar-refractivity contribution in [3.05, 3.63) is 71.3 Å².